The summed E-state index contributed by atoms with van der Waals surface area (Å²) in [6.45, 7) is 9.49. The number of rotatable bonds is 8. The van der Waals surface area contributed by atoms with Gasteiger partial charge in [-0.15, -0.1) is 0 Å². The van der Waals surface area contributed by atoms with E-state index in [-0.39, 0.29) is 17.9 Å². The highest BCUT2D eigenvalue weighted by atomic mass is 16.5. The van der Waals surface area contributed by atoms with Crippen molar-refractivity contribution in [1.82, 2.24) is 10.2 Å². The van der Waals surface area contributed by atoms with Gasteiger partial charge in [0.25, 0.3) is 5.91 Å². The third kappa shape index (κ3) is 6.06. The molecule has 1 amide bonds. The Morgan fingerprint density at radius 1 is 1.19 bits per heavy atom. The van der Waals surface area contributed by atoms with Crippen LogP contribution in [0.1, 0.15) is 36.6 Å². The summed E-state index contributed by atoms with van der Waals surface area (Å²) in [6, 6.07) is 17.6. The standard InChI is InChI=1S/C25H31N3O3/c1-18(2)24(31-23-10-5-4-8-21(23)16-26)25(29)27-17-22(28-11-13-30-14-12-28)20-9-6-7-19(3)15-20/h4-10,15,18,22,24H,11-14,17H2,1-3H3,(H,27,29). The molecule has 3 rings (SSSR count). The SMILES string of the molecule is Cc1cccc(C(CNC(=O)C(Oc2ccccc2C#N)C(C)C)N2CCOCC2)c1. The Bertz CT molecular complexity index is 916. The fraction of sp³-hybridized carbons (Fsp3) is 0.440. The monoisotopic (exact) mass is 421 g/mol. The Morgan fingerprint density at radius 3 is 2.61 bits per heavy atom. The van der Waals surface area contributed by atoms with Crippen LogP contribution in [0.2, 0.25) is 0 Å². The molecule has 1 N–H and O–H groups in total. The molecule has 31 heavy (non-hydrogen) atoms. The lowest BCUT2D eigenvalue weighted by molar-refractivity contribution is -0.130. The Kier molecular flexibility index (Phi) is 8.05. The Morgan fingerprint density at radius 2 is 1.94 bits per heavy atom. The predicted molar refractivity (Wildman–Crippen MR) is 120 cm³/mol. The van der Waals surface area contributed by atoms with Crippen LogP contribution in [0.5, 0.6) is 5.75 Å². The van der Waals surface area contributed by atoms with E-state index in [2.05, 4.69) is 47.5 Å². The van der Waals surface area contributed by atoms with Gasteiger partial charge < -0.3 is 14.8 Å². The van der Waals surface area contributed by atoms with E-state index in [1.54, 1.807) is 24.3 Å². The van der Waals surface area contributed by atoms with Crippen molar-refractivity contribution in [3.05, 3.63) is 65.2 Å². The molecule has 2 aromatic carbocycles. The summed E-state index contributed by atoms with van der Waals surface area (Å²) < 4.78 is 11.5. The first-order valence-electron chi connectivity index (χ1n) is 10.8. The number of hydrogen-bond donors (Lipinski definition) is 1. The van der Waals surface area contributed by atoms with Crippen molar-refractivity contribution in [2.45, 2.75) is 32.9 Å². The van der Waals surface area contributed by atoms with Gasteiger partial charge in [0.2, 0.25) is 0 Å². The zero-order valence-electron chi connectivity index (χ0n) is 18.5. The van der Waals surface area contributed by atoms with Gasteiger partial charge in [-0.25, -0.2) is 0 Å². The maximum absolute atomic E-state index is 13.1. The number of aryl methyl sites for hydroxylation is 1. The fourth-order valence-corrected chi connectivity index (χ4v) is 3.81. The topological polar surface area (TPSA) is 74.6 Å². The number of morpholine rings is 1. The number of hydrogen-bond acceptors (Lipinski definition) is 5. The minimum atomic E-state index is -0.683. The van der Waals surface area contributed by atoms with Crippen molar-refractivity contribution < 1.29 is 14.3 Å². The molecule has 0 spiro atoms. The molecule has 2 aromatic rings. The number of carbonyl (C=O) groups excluding carboxylic acids is 1. The molecule has 0 aliphatic carbocycles. The van der Waals surface area contributed by atoms with Gasteiger partial charge in [-0.1, -0.05) is 55.8 Å². The van der Waals surface area contributed by atoms with Gasteiger partial charge in [-0.05, 0) is 30.5 Å². The van der Waals surface area contributed by atoms with Crippen molar-refractivity contribution in [1.29, 1.82) is 5.26 Å². The molecule has 1 saturated heterocycles. The first kappa shape index (κ1) is 22.8. The van der Waals surface area contributed by atoms with Gasteiger partial charge in [0, 0.05) is 19.6 Å². The van der Waals surface area contributed by atoms with E-state index in [9.17, 15) is 10.1 Å². The van der Waals surface area contributed by atoms with Crippen LogP contribution in [0, 0.1) is 24.2 Å². The molecule has 2 unspecified atom stereocenters. The smallest absolute Gasteiger partial charge is 0.261 e. The highest BCUT2D eigenvalue weighted by molar-refractivity contribution is 5.81. The van der Waals surface area contributed by atoms with Gasteiger partial charge >= 0.3 is 0 Å². The zero-order chi connectivity index (χ0) is 22.2. The Balaban J connectivity index is 1.74. The van der Waals surface area contributed by atoms with Crippen LogP contribution < -0.4 is 10.1 Å². The number of ether oxygens (including phenoxy) is 2. The first-order valence-corrected chi connectivity index (χ1v) is 10.8. The van der Waals surface area contributed by atoms with E-state index < -0.39 is 6.10 Å². The van der Waals surface area contributed by atoms with E-state index in [0.717, 1.165) is 13.1 Å². The van der Waals surface area contributed by atoms with Crippen LogP contribution in [-0.2, 0) is 9.53 Å². The van der Waals surface area contributed by atoms with E-state index in [0.29, 0.717) is 31.1 Å². The number of carbonyl (C=O) groups is 1. The first-order chi connectivity index (χ1) is 15.0. The molecular formula is C25H31N3O3. The molecule has 6 nitrogen and oxygen atoms in total. The van der Waals surface area contributed by atoms with Crippen molar-refractivity contribution in [2.24, 2.45) is 5.92 Å². The van der Waals surface area contributed by atoms with Crippen molar-refractivity contribution in [3.63, 3.8) is 0 Å². The average molecular weight is 422 g/mol. The maximum atomic E-state index is 13.1. The van der Waals surface area contributed by atoms with Gasteiger partial charge in [0.1, 0.15) is 11.8 Å². The van der Waals surface area contributed by atoms with Crippen molar-refractivity contribution >= 4 is 5.91 Å². The van der Waals surface area contributed by atoms with Crippen molar-refractivity contribution in [3.8, 4) is 11.8 Å². The minimum absolute atomic E-state index is 0.0486. The lowest BCUT2D eigenvalue weighted by atomic mass is 10.0. The number of nitrogens with one attached hydrogen (secondary N) is 1. The third-order valence-electron chi connectivity index (χ3n) is 5.51. The van der Waals surface area contributed by atoms with Gasteiger partial charge in [-0.3, -0.25) is 9.69 Å². The van der Waals surface area contributed by atoms with E-state index >= 15 is 0 Å². The summed E-state index contributed by atoms with van der Waals surface area (Å²) in [6.07, 6.45) is -0.683. The number of nitriles is 1. The molecular weight excluding hydrogens is 390 g/mol. The third-order valence-corrected chi connectivity index (χ3v) is 5.51. The normalized spacial score (nSPS) is 16.4. The zero-order valence-corrected chi connectivity index (χ0v) is 18.5. The fourth-order valence-electron chi connectivity index (χ4n) is 3.81. The molecule has 0 bridgehead atoms. The van der Waals surface area contributed by atoms with Crippen molar-refractivity contribution in [2.75, 3.05) is 32.8 Å². The number of amides is 1. The summed E-state index contributed by atoms with van der Waals surface area (Å²) >= 11 is 0. The number of benzene rings is 2. The second-order valence-electron chi connectivity index (χ2n) is 8.21. The summed E-state index contributed by atoms with van der Waals surface area (Å²) in [4.78, 5) is 15.5. The van der Waals surface area contributed by atoms with Gasteiger partial charge in [0.15, 0.2) is 6.10 Å². The van der Waals surface area contributed by atoms with Gasteiger partial charge in [-0.2, -0.15) is 5.26 Å². The van der Waals surface area contributed by atoms with E-state index in [1.165, 1.54) is 11.1 Å². The molecule has 164 valence electrons. The van der Waals surface area contributed by atoms with Crippen LogP contribution in [0.4, 0.5) is 0 Å². The van der Waals surface area contributed by atoms with E-state index in [1.807, 2.05) is 13.8 Å². The number of nitrogens with zero attached hydrogens (tertiary/aromatic N) is 2. The molecule has 0 aromatic heterocycles. The molecule has 1 aliphatic rings. The quantitative estimate of drug-likeness (QED) is 0.707. The summed E-state index contributed by atoms with van der Waals surface area (Å²) in [7, 11) is 0. The highest BCUT2D eigenvalue weighted by Gasteiger charge is 2.28. The average Bonchev–Trinajstić information content (AvgIpc) is 2.78. The molecule has 1 aliphatic heterocycles. The lowest BCUT2D eigenvalue weighted by Crippen LogP contribution is -2.47. The second kappa shape index (κ2) is 10.9. The molecule has 2 atom stereocenters. The van der Waals surface area contributed by atoms with Crippen LogP contribution in [0.25, 0.3) is 0 Å². The second-order valence-corrected chi connectivity index (χ2v) is 8.21. The van der Waals surface area contributed by atoms with E-state index in [4.69, 9.17) is 9.47 Å². The lowest BCUT2D eigenvalue weighted by Gasteiger charge is -2.35. The molecule has 1 heterocycles. The van der Waals surface area contributed by atoms with Crippen LogP contribution in [0.3, 0.4) is 0 Å². The van der Waals surface area contributed by atoms with Crippen LogP contribution in [0.15, 0.2) is 48.5 Å². The predicted octanol–water partition coefficient (Wildman–Crippen LogP) is 3.46. The maximum Gasteiger partial charge on any atom is 0.261 e. The Labute approximate surface area is 184 Å². The van der Waals surface area contributed by atoms with Crippen LogP contribution in [-0.4, -0.2) is 49.8 Å². The largest absolute Gasteiger partial charge is 0.479 e. The summed E-state index contributed by atoms with van der Waals surface area (Å²) in [5, 5.41) is 12.4. The van der Waals surface area contributed by atoms with Gasteiger partial charge in [0.05, 0.1) is 24.8 Å². The highest BCUT2D eigenvalue weighted by Crippen LogP contribution is 2.24. The summed E-state index contributed by atoms with van der Waals surface area (Å²) in [5.74, 6) is 0.212. The molecule has 0 radical (unpaired) electrons. The Hall–Kier alpha value is -2.88. The molecule has 1 fully saturated rings. The number of para-hydroxylation sites is 1. The molecule has 6 heteroatoms. The minimum Gasteiger partial charge on any atom is -0.479 e. The molecule has 0 saturated carbocycles. The van der Waals surface area contributed by atoms with Crippen LogP contribution >= 0.6 is 0 Å². The summed E-state index contributed by atoms with van der Waals surface area (Å²) in [5.41, 5.74) is 2.80.